The molecule has 4 nitrogen and oxygen atoms in total. The standard InChI is InChI=1S/C13H19N3O.ClH/c1-9-3-2-4-11(7-9)16-13(17)12-6-5-10(14)8-15-12;/h5-6,8-9,11H,2-4,7,14H2,1H3,(H,16,17);1H. The first-order chi connectivity index (χ1) is 8.15. The zero-order valence-electron chi connectivity index (χ0n) is 10.6. The molecule has 1 aromatic heterocycles. The van der Waals surface area contributed by atoms with E-state index in [1.807, 2.05) is 0 Å². The molecule has 100 valence electrons. The van der Waals surface area contributed by atoms with Gasteiger partial charge in [-0.1, -0.05) is 19.8 Å². The normalized spacial score (nSPS) is 22.9. The van der Waals surface area contributed by atoms with Gasteiger partial charge < -0.3 is 11.1 Å². The van der Waals surface area contributed by atoms with Crippen molar-refractivity contribution in [1.29, 1.82) is 0 Å². The van der Waals surface area contributed by atoms with Crippen LogP contribution in [0.4, 0.5) is 5.69 Å². The van der Waals surface area contributed by atoms with Crippen molar-refractivity contribution >= 4 is 24.0 Å². The first kappa shape index (κ1) is 14.8. The van der Waals surface area contributed by atoms with Gasteiger partial charge in [-0.05, 0) is 30.9 Å². The third-order valence-corrected chi connectivity index (χ3v) is 3.29. The van der Waals surface area contributed by atoms with Crippen LogP contribution in [0.5, 0.6) is 0 Å². The predicted octanol–water partition coefficient (Wildman–Crippen LogP) is 2.39. The highest BCUT2D eigenvalue weighted by atomic mass is 35.5. The molecule has 1 heterocycles. The van der Waals surface area contributed by atoms with Crippen LogP contribution in [0, 0.1) is 5.92 Å². The van der Waals surface area contributed by atoms with E-state index in [4.69, 9.17) is 5.73 Å². The lowest BCUT2D eigenvalue weighted by atomic mass is 9.87. The van der Waals surface area contributed by atoms with Crippen LogP contribution in [0.25, 0.3) is 0 Å². The molecule has 18 heavy (non-hydrogen) atoms. The summed E-state index contributed by atoms with van der Waals surface area (Å²) in [4.78, 5) is 15.9. The van der Waals surface area contributed by atoms with Gasteiger partial charge >= 0.3 is 0 Å². The average Bonchev–Trinajstić information content (AvgIpc) is 2.29. The van der Waals surface area contributed by atoms with Crippen molar-refractivity contribution in [2.24, 2.45) is 5.92 Å². The molecular formula is C13H20ClN3O. The van der Waals surface area contributed by atoms with Gasteiger partial charge in [-0.15, -0.1) is 12.4 Å². The maximum atomic E-state index is 11.9. The molecule has 0 aromatic carbocycles. The number of anilines is 1. The molecule has 2 unspecified atom stereocenters. The summed E-state index contributed by atoms with van der Waals surface area (Å²) >= 11 is 0. The quantitative estimate of drug-likeness (QED) is 0.866. The second kappa shape index (κ2) is 6.59. The molecule has 1 aromatic rings. The van der Waals surface area contributed by atoms with E-state index in [-0.39, 0.29) is 18.3 Å². The third-order valence-electron chi connectivity index (χ3n) is 3.29. The molecule has 0 saturated heterocycles. The fourth-order valence-corrected chi connectivity index (χ4v) is 2.36. The lowest BCUT2D eigenvalue weighted by Gasteiger charge is -2.27. The molecule has 1 aliphatic rings. The molecule has 1 fully saturated rings. The Kier molecular flexibility index (Phi) is 5.41. The van der Waals surface area contributed by atoms with Crippen LogP contribution in [0.2, 0.25) is 0 Å². The van der Waals surface area contributed by atoms with Crippen molar-refractivity contribution in [3.8, 4) is 0 Å². The molecule has 0 bridgehead atoms. The van der Waals surface area contributed by atoms with Crippen molar-refractivity contribution in [1.82, 2.24) is 10.3 Å². The number of hydrogen-bond acceptors (Lipinski definition) is 3. The lowest BCUT2D eigenvalue weighted by molar-refractivity contribution is 0.0916. The first-order valence-electron chi connectivity index (χ1n) is 6.17. The molecule has 2 rings (SSSR count). The number of rotatable bonds is 2. The molecule has 0 aliphatic heterocycles. The number of carbonyl (C=O) groups is 1. The Balaban J connectivity index is 0.00000162. The van der Waals surface area contributed by atoms with Gasteiger partial charge in [0.15, 0.2) is 0 Å². The maximum absolute atomic E-state index is 11.9. The zero-order valence-corrected chi connectivity index (χ0v) is 11.4. The van der Waals surface area contributed by atoms with Crippen molar-refractivity contribution in [2.75, 3.05) is 5.73 Å². The SMILES string of the molecule is CC1CCCC(NC(=O)c2ccc(N)cn2)C1.Cl. The number of nitrogens with one attached hydrogen (secondary N) is 1. The molecule has 2 atom stereocenters. The van der Waals surface area contributed by atoms with Gasteiger partial charge in [0.05, 0.1) is 11.9 Å². The van der Waals surface area contributed by atoms with E-state index in [0.717, 1.165) is 12.8 Å². The Bertz CT molecular complexity index is 394. The minimum Gasteiger partial charge on any atom is -0.397 e. The van der Waals surface area contributed by atoms with Gasteiger partial charge in [-0.3, -0.25) is 4.79 Å². The van der Waals surface area contributed by atoms with Crippen LogP contribution in [0.3, 0.4) is 0 Å². The number of nitrogens with two attached hydrogens (primary N) is 1. The lowest BCUT2D eigenvalue weighted by Crippen LogP contribution is -2.38. The van der Waals surface area contributed by atoms with Gasteiger partial charge in [0, 0.05) is 6.04 Å². The Labute approximate surface area is 114 Å². The summed E-state index contributed by atoms with van der Waals surface area (Å²) in [6.45, 7) is 2.24. The molecule has 1 aliphatic carbocycles. The second-order valence-corrected chi connectivity index (χ2v) is 4.92. The van der Waals surface area contributed by atoms with Crippen molar-refractivity contribution in [3.63, 3.8) is 0 Å². The van der Waals surface area contributed by atoms with Crippen LogP contribution in [-0.4, -0.2) is 16.9 Å². The number of hydrogen-bond donors (Lipinski definition) is 2. The topological polar surface area (TPSA) is 68.0 Å². The van der Waals surface area contributed by atoms with E-state index in [9.17, 15) is 4.79 Å². The molecule has 0 radical (unpaired) electrons. The first-order valence-corrected chi connectivity index (χ1v) is 6.17. The van der Waals surface area contributed by atoms with E-state index in [1.54, 1.807) is 12.1 Å². The van der Waals surface area contributed by atoms with Crippen LogP contribution in [0.15, 0.2) is 18.3 Å². The second-order valence-electron chi connectivity index (χ2n) is 4.92. The highest BCUT2D eigenvalue weighted by molar-refractivity contribution is 5.92. The van der Waals surface area contributed by atoms with Crippen LogP contribution in [-0.2, 0) is 0 Å². The van der Waals surface area contributed by atoms with E-state index in [0.29, 0.717) is 23.3 Å². The summed E-state index contributed by atoms with van der Waals surface area (Å²) in [6, 6.07) is 3.66. The number of nitrogen functional groups attached to an aromatic ring is 1. The Morgan fingerprint density at radius 2 is 2.22 bits per heavy atom. The monoisotopic (exact) mass is 269 g/mol. The molecule has 1 saturated carbocycles. The summed E-state index contributed by atoms with van der Waals surface area (Å²) in [5, 5.41) is 3.04. The van der Waals surface area contributed by atoms with Crippen molar-refractivity contribution < 1.29 is 4.79 Å². The van der Waals surface area contributed by atoms with E-state index in [2.05, 4.69) is 17.2 Å². The summed E-state index contributed by atoms with van der Waals surface area (Å²) in [6.07, 6.45) is 6.12. The third kappa shape index (κ3) is 3.88. The Morgan fingerprint density at radius 1 is 1.44 bits per heavy atom. The van der Waals surface area contributed by atoms with Crippen molar-refractivity contribution in [3.05, 3.63) is 24.0 Å². The smallest absolute Gasteiger partial charge is 0.270 e. The largest absolute Gasteiger partial charge is 0.397 e. The summed E-state index contributed by atoms with van der Waals surface area (Å²) in [7, 11) is 0. The van der Waals surface area contributed by atoms with Gasteiger partial charge in [0.2, 0.25) is 0 Å². The number of halogens is 1. The number of amides is 1. The van der Waals surface area contributed by atoms with E-state index in [1.165, 1.54) is 19.0 Å². The molecule has 0 spiro atoms. The minimum atomic E-state index is -0.0934. The summed E-state index contributed by atoms with van der Waals surface area (Å²) < 4.78 is 0. The van der Waals surface area contributed by atoms with E-state index < -0.39 is 0 Å². The summed E-state index contributed by atoms with van der Waals surface area (Å²) in [5.41, 5.74) is 6.55. The minimum absolute atomic E-state index is 0. The fraction of sp³-hybridized carbons (Fsp3) is 0.538. The Hall–Kier alpha value is -1.29. The van der Waals surface area contributed by atoms with Crippen LogP contribution < -0.4 is 11.1 Å². The molecule has 1 amide bonds. The van der Waals surface area contributed by atoms with Crippen LogP contribution in [0.1, 0.15) is 43.1 Å². The van der Waals surface area contributed by atoms with Gasteiger partial charge in [0.25, 0.3) is 5.91 Å². The molecular weight excluding hydrogens is 250 g/mol. The number of pyridine rings is 1. The summed E-state index contributed by atoms with van der Waals surface area (Å²) in [5.74, 6) is 0.609. The van der Waals surface area contributed by atoms with Crippen LogP contribution >= 0.6 is 12.4 Å². The van der Waals surface area contributed by atoms with Gasteiger partial charge in [0.1, 0.15) is 5.69 Å². The van der Waals surface area contributed by atoms with Gasteiger partial charge in [-0.25, -0.2) is 4.98 Å². The maximum Gasteiger partial charge on any atom is 0.270 e. The van der Waals surface area contributed by atoms with Gasteiger partial charge in [-0.2, -0.15) is 0 Å². The fourth-order valence-electron chi connectivity index (χ4n) is 2.36. The highest BCUT2D eigenvalue weighted by Gasteiger charge is 2.21. The number of aromatic nitrogens is 1. The number of carbonyl (C=O) groups excluding carboxylic acids is 1. The predicted molar refractivity (Wildman–Crippen MR) is 74.8 cm³/mol. The number of nitrogens with zero attached hydrogens (tertiary/aromatic N) is 1. The average molecular weight is 270 g/mol. The highest BCUT2D eigenvalue weighted by Crippen LogP contribution is 2.23. The van der Waals surface area contributed by atoms with E-state index >= 15 is 0 Å². The Morgan fingerprint density at radius 3 is 2.83 bits per heavy atom. The zero-order chi connectivity index (χ0) is 12.3. The molecule has 5 heteroatoms. The molecule has 3 N–H and O–H groups in total. The van der Waals surface area contributed by atoms with Crippen molar-refractivity contribution in [2.45, 2.75) is 38.6 Å².